The molecule has 0 bridgehead atoms. The lowest BCUT2D eigenvalue weighted by Gasteiger charge is -2.21. The van der Waals surface area contributed by atoms with Crippen molar-refractivity contribution in [2.75, 3.05) is 44.1 Å². The quantitative estimate of drug-likeness (QED) is 0.832. The highest BCUT2D eigenvalue weighted by Gasteiger charge is 2.30. The molecule has 0 aromatic heterocycles. The van der Waals surface area contributed by atoms with E-state index in [1.165, 1.54) is 0 Å². The molecule has 0 fully saturated rings. The topological polar surface area (TPSA) is 53.6 Å². The summed E-state index contributed by atoms with van der Waals surface area (Å²) in [4.78, 5) is 14.1. The minimum Gasteiger partial charge on any atom is -0.383 e. The Kier molecular flexibility index (Phi) is 5.01. The van der Waals surface area contributed by atoms with Crippen molar-refractivity contribution in [2.24, 2.45) is 0 Å². The molecule has 1 atom stereocenters. The van der Waals surface area contributed by atoms with Crippen LogP contribution in [0.4, 0.5) is 11.4 Å². The summed E-state index contributed by atoms with van der Waals surface area (Å²) in [5.41, 5.74) is 2.91. The third kappa shape index (κ3) is 2.97. The second kappa shape index (κ2) is 6.56. The second-order valence-electron chi connectivity index (χ2n) is 4.79. The molecule has 5 nitrogen and oxygen atoms in total. The third-order valence-electron chi connectivity index (χ3n) is 3.40. The van der Waals surface area contributed by atoms with E-state index in [9.17, 15) is 4.79 Å². The van der Waals surface area contributed by atoms with Gasteiger partial charge in [-0.25, -0.2) is 0 Å². The van der Waals surface area contributed by atoms with Gasteiger partial charge >= 0.3 is 0 Å². The van der Waals surface area contributed by atoms with Gasteiger partial charge in [-0.2, -0.15) is 0 Å². The van der Waals surface area contributed by atoms with Gasteiger partial charge in [0.15, 0.2) is 0 Å². The minimum atomic E-state index is -0.260. The number of carbonyl (C=O) groups is 1. The van der Waals surface area contributed by atoms with Crippen LogP contribution < -0.4 is 15.5 Å². The zero-order chi connectivity index (χ0) is 14.7. The van der Waals surface area contributed by atoms with E-state index in [4.69, 9.17) is 4.74 Å². The number of nitrogens with zero attached hydrogens (tertiary/aromatic N) is 1. The molecule has 0 saturated carbocycles. The van der Waals surface area contributed by atoms with E-state index in [2.05, 4.69) is 31.5 Å². The van der Waals surface area contributed by atoms with Crippen LogP contribution in [0.15, 0.2) is 16.6 Å². The standard InChI is InChI=1S/C14H20BrN3O2/c1-4-16-13-9-7-10(15)12(18(2)5-6-20-3)8-11(9)17-14(13)19/h7-8,13,16H,4-6H2,1-3H3,(H,17,19). The van der Waals surface area contributed by atoms with Crippen molar-refractivity contribution in [3.05, 3.63) is 22.2 Å². The second-order valence-corrected chi connectivity index (χ2v) is 5.64. The van der Waals surface area contributed by atoms with E-state index in [-0.39, 0.29) is 11.9 Å². The van der Waals surface area contributed by atoms with Gasteiger partial charge in [0.1, 0.15) is 6.04 Å². The number of rotatable bonds is 6. The third-order valence-corrected chi connectivity index (χ3v) is 4.04. The van der Waals surface area contributed by atoms with E-state index in [0.717, 1.165) is 34.5 Å². The summed E-state index contributed by atoms with van der Waals surface area (Å²) in [5, 5.41) is 6.12. The molecule has 0 aliphatic carbocycles. The molecule has 6 heteroatoms. The molecule has 2 N–H and O–H groups in total. The number of halogens is 1. The molecule has 0 spiro atoms. The van der Waals surface area contributed by atoms with Crippen LogP contribution in [-0.2, 0) is 9.53 Å². The predicted octanol–water partition coefficient (Wildman–Crippen LogP) is 2.13. The number of carbonyl (C=O) groups excluding carboxylic acids is 1. The Morgan fingerprint density at radius 2 is 2.25 bits per heavy atom. The molecule has 0 saturated heterocycles. The lowest BCUT2D eigenvalue weighted by molar-refractivity contribution is -0.117. The van der Waals surface area contributed by atoms with E-state index >= 15 is 0 Å². The summed E-state index contributed by atoms with van der Waals surface area (Å²) in [6.45, 7) is 4.20. The highest BCUT2D eigenvalue weighted by atomic mass is 79.9. The first-order valence-corrected chi connectivity index (χ1v) is 7.45. The Morgan fingerprint density at radius 1 is 1.50 bits per heavy atom. The Bertz CT molecular complexity index is 507. The number of amides is 1. The van der Waals surface area contributed by atoms with Gasteiger partial charge in [-0.3, -0.25) is 4.79 Å². The van der Waals surface area contributed by atoms with Crippen LogP contribution in [0.1, 0.15) is 18.5 Å². The summed E-state index contributed by atoms with van der Waals surface area (Å²) in [6, 6.07) is 3.76. The van der Waals surface area contributed by atoms with Gasteiger partial charge in [0.2, 0.25) is 5.91 Å². The monoisotopic (exact) mass is 341 g/mol. The fraction of sp³-hybridized carbons (Fsp3) is 0.500. The molecule has 2 rings (SSSR count). The van der Waals surface area contributed by atoms with Crippen molar-refractivity contribution >= 4 is 33.2 Å². The molecule has 1 heterocycles. The molecular formula is C14H20BrN3O2. The number of nitrogens with one attached hydrogen (secondary N) is 2. The largest absolute Gasteiger partial charge is 0.383 e. The number of methoxy groups -OCH3 is 1. The van der Waals surface area contributed by atoms with Crippen molar-refractivity contribution in [1.82, 2.24) is 5.32 Å². The highest BCUT2D eigenvalue weighted by Crippen LogP contribution is 2.38. The van der Waals surface area contributed by atoms with Gasteiger partial charge in [-0.1, -0.05) is 6.92 Å². The van der Waals surface area contributed by atoms with Crippen molar-refractivity contribution < 1.29 is 9.53 Å². The molecule has 1 aromatic rings. The molecule has 1 aromatic carbocycles. The number of fused-ring (bicyclic) bond motifs is 1. The summed E-state index contributed by atoms with van der Waals surface area (Å²) in [6.07, 6.45) is 0. The first-order chi connectivity index (χ1) is 9.58. The van der Waals surface area contributed by atoms with Crippen molar-refractivity contribution in [2.45, 2.75) is 13.0 Å². The van der Waals surface area contributed by atoms with Crippen LogP contribution in [0.3, 0.4) is 0 Å². The van der Waals surface area contributed by atoms with Crippen LogP contribution in [0, 0.1) is 0 Å². The minimum absolute atomic E-state index is 0.00504. The van der Waals surface area contributed by atoms with Gasteiger partial charge < -0.3 is 20.3 Å². The number of benzene rings is 1. The Labute approximate surface area is 127 Å². The average Bonchev–Trinajstić information content (AvgIpc) is 2.72. The van der Waals surface area contributed by atoms with Crippen LogP contribution >= 0.6 is 15.9 Å². The lowest BCUT2D eigenvalue weighted by Crippen LogP contribution is -2.27. The highest BCUT2D eigenvalue weighted by molar-refractivity contribution is 9.10. The van der Waals surface area contributed by atoms with Gasteiger partial charge in [0, 0.05) is 36.4 Å². The average molecular weight is 342 g/mol. The van der Waals surface area contributed by atoms with Gasteiger partial charge in [-0.05, 0) is 34.6 Å². The zero-order valence-corrected chi connectivity index (χ0v) is 13.6. The number of ether oxygens (including phenoxy) is 1. The molecule has 110 valence electrons. The molecular weight excluding hydrogens is 322 g/mol. The zero-order valence-electron chi connectivity index (χ0n) is 12.0. The molecule has 1 aliphatic heterocycles. The number of hydrogen-bond acceptors (Lipinski definition) is 4. The molecule has 1 unspecified atom stereocenters. The first kappa shape index (κ1) is 15.3. The molecule has 1 aliphatic rings. The van der Waals surface area contributed by atoms with Gasteiger partial charge in [0.25, 0.3) is 0 Å². The Hall–Kier alpha value is -1.11. The van der Waals surface area contributed by atoms with E-state index in [1.807, 2.05) is 26.1 Å². The summed E-state index contributed by atoms with van der Waals surface area (Å²) in [5.74, 6) is 0.00504. The molecule has 1 amide bonds. The predicted molar refractivity (Wildman–Crippen MR) is 84.3 cm³/mol. The van der Waals surface area contributed by atoms with Gasteiger partial charge in [-0.15, -0.1) is 0 Å². The number of anilines is 2. The maximum atomic E-state index is 12.0. The van der Waals surface area contributed by atoms with Crippen molar-refractivity contribution in [3.8, 4) is 0 Å². The smallest absolute Gasteiger partial charge is 0.246 e. The summed E-state index contributed by atoms with van der Waals surface area (Å²) < 4.78 is 6.08. The Morgan fingerprint density at radius 3 is 2.90 bits per heavy atom. The summed E-state index contributed by atoms with van der Waals surface area (Å²) >= 11 is 3.59. The van der Waals surface area contributed by atoms with E-state index < -0.39 is 0 Å². The maximum Gasteiger partial charge on any atom is 0.246 e. The van der Waals surface area contributed by atoms with Crippen LogP contribution in [-0.4, -0.2) is 39.8 Å². The Balaban J connectivity index is 2.28. The van der Waals surface area contributed by atoms with Crippen LogP contribution in [0.25, 0.3) is 0 Å². The normalized spacial score (nSPS) is 17.0. The SMILES string of the molecule is CCNC1C(=O)Nc2cc(N(C)CCOC)c(Br)cc21. The van der Waals surface area contributed by atoms with Crippen molar-refractivity contribution in [1.29, 1.82) is 0 Å². The van der Waals surface area contributed by atoms with Crippen LogP contribution in [0.2, 0.25) is 0 Å². The fourth-order valence-corrected chi connectivity index (χ4v) is 2.98. The van der Waals surface area contributed by atoms with Gasteiger partial charge in [0.05, 0.1) is 12.3 Å². The van der Waals surface area contributed by atoms with Crippen LogP contribution in [0.5, 0.6) is 0 Å². The fourth-order valence-electron chi connectivity index (χ4n) is 2.32. The molecule has 0 radical (unpaired) electrons. The maximum absolute atomic E-state index is 12.0. The van der Waals surface area contributed by atoms with E-state index in [1.54, 1.807) is 7.11 Å². The lowest BCUT2D eigenvalue weighted by atomic mass is 10.1. The summed E-state index contributed by atoms with van der Waals surface area (Å²) in [7, 11) is 3.69. The number of hydrogen-bond donors (Lipinski definition) is 2. The number of likely N-dealkylation sites (N-methyl/N-ethyl adjacent to an activating group) is 2. The van der Waals surface area contributed by atoms with Crippen molar-refractivity contribution in [3.63, 3.8) is 0 Å². The molecule has 20 heavy (non-hydrogen) atoms. The van der Waals surface area contributed by atoms with E-state index in [0.29, 0.717) is 6.61 Å². The first-order valence-electron chi connectivity index (χ1n) is 6.66.